The number of anilines is 2. The fourth-order valence-electron chi connectivity index (χ4n) is 1.70. The van der Waals surface area contributed by atoms with Crippen LogP contribution in [0.4, 0.5) is 11.9 Å². The topological polar surface area (TPSA) is 86.4 Å². The lowest BCUT2D eigenvalue weighted by Crippen LogP contribution is -2.30. The van der Waals surface area contributed by atoms with Crippen LogP contribution < -0.4 is 10.6 Å². The summed E-state index contributed by atoms with van der Waals surface area (Å²) in [4.78, 5) is 14.4. The third-order valence-corrected chi connectivity index (χ3v) is 2.53. The largest absolute Gasteiger partial charge is 0.368 e. The molecule has 0 radical (unpaired) electrons. The highest BCUT2D eigenvalue weighted by Crippen LogP contribution is 2.18. The van der Waals surface area contributed by atoms with E-state index < -0.39 is 0 Å². The molecule has 106 valence electrons. The first-order chi connectivity index (χ1) is 9.74. The molecule has 2 N–H and O–H groups in total. The highest BCUT2D eigenvalue weighted by molar-refractivity contribution is 5.57. The Hall–Kier alpha value is -2.25. The molecule has 7 nitrogen and oxygen atoms in total. The molecule has 1 heterocycles. The van der Waals surface area contributed by atoms with Crippen molar-refractivity contribution in [3.63, 3.8) is 0 Å². The fraction of sp³-hybridized carbons (Fsp3) is 0.308. The molecule has 2 aromatic rings. The van der Waals surface area contributed by atoms with Crippen molar-refractivity contribution < 1.29 is 9.47 Å². The van der Waals surface area contributed by atoms with Gasteiger partial charge in [-0.05, 0) is 0 Å². The number of ether oxygens (including phenoxy) is 2. The summed E-state index contributed by atoms with van der Waals surface area (Å²) in [7, 11) is 3.18. The molecule has 0 unspecified atom stereocenters. The van der Waals surface area contributed by atoms with Gasteiger partial charge in [-0.3, -0.25) is 4.90 Å². The summed E-state index contributed by atoms with van der Waals surface area (Å²) >= 11 is 0. The van der Waals surface area contributed by atoms with E-state index in [2.05, 4.69) is 15.0 Å². The predicted molar refractivity (Wildman–Crippen MR) is 75.9 cm³/mol. The monoisotopic (exact) mass is 275 g/mol. The fourth-order valence-corrected chi connectivity index (χ4v) is 1.70. The van der Waals surface area contributed by atoms with Crippen molar-refractivity contribution in [2.24, 2.45) is 0 Å². The number of nitrogens with zero attached hydrogens (tertiary/aromatic N) is 4. The van der Waals surface area contributed by atoms with Crippen molar-refractivity contribution in [3.8, 4) is 11.4 Å². The maximum absolute atomic E-state index is 5.76. The van der Waals surface area contributed by atoms with E-state index in [0.29, 0.717) is 25.2 Å². The van der Waals surface area contributed by atoms with Gasteiger partial charge in [0.05, 0.1) is 0 Å². The zero-order valence-corrected chi connectivity index (χ0v) is 11.5. The normalized spacial score (nSPS) is 10.5. The van der Waals surface area contributed by atoms with E-state index >= 15 is 0 Å². The number of nitrogens with two attached hydrogens (primary N) is 1. The van der Waals surface area contributed by atoms with Crippen LogP contribution in [0, 0.1) is 0 Å². The van der Waals surface area contributed by atoms with Crippen LogP contribution in [0.3, 0.4) is 0 Å². The van der Waals surface area contributed by atoms with Gasteiger partial charge in [0.1, 0.15) is 13.5 Å². The molecule has 0 fully saturated rings. The molecule has 0 aliphatic heterocycles. The van der Waals surface area contributed by atoms with Crippen molar-refractivity contribution in [2.75, 3.05) is 38.3 Å². The molecule has 0 saturated carbocycles. The molecule has 2 rings (SSSR count). The van der Waals surface area contributed by atoms with E-state index in [4.69, 9.17) is 15.2 Å². The van der Waals surface area contributed by atoms with Gasteiger partial charge in [0.25, 0.3) is 0 Å². The van der Waals surface area contributed by atoms with Crippen LogP contribution in [0.5, 0.6) is 0 Å². The Labute approximate surface area is 117 Å². The minimum Gasteiger partial charge on any atom is -0.368 e. The van der Waals surface area contributed by atoms with Crippen molar-refractivity contribution in [1.29, 1.82) is 0 Å². The Bertz CT molecular complexity index is 544. The molecule has 1 aromatic carbocycles. The first kappa shape index (κ1) is 14.2. The number of hydrogen-bond acceptors (Lipinski definition) is 7. The third-order valence-electron chi connectivity index (χ3n) is 2.53. The van der Waals surface area contributed by atoms with Crippen molar-refractivity contribution in [2.45, 2.75) is 0 Å². The molecule has 20 heavy (non-hydrogen) atoms. The standard InChI is InChI=1S/C13H17N5O2/c1-19-8-18(9-20-2)13-16-11(15-12(14)17-13)10-6-4-3-5-7-10/h3-7H,8-9H2,1-2H3,(H2,14,15,16,17). The molecule has 0 aliphatic carbocycles. The maximum atomic E-state index is 5.76. The average Bonchev–Trinajstić information content (AvgIpc) is 2.47. The Kier molecular flexibility index (Phi) is 4.80. The summed E-state index contributed by atoms with van der Waals surface area (Å²) in [5.41, 5.74) is 6.63. The van der Waals surface area contributed by atoms with E-state index in [9.17, 15) is 0 Å². The van der Waals surface area contributed by atoms with E-state index in [0.717, 1.165) is 5.56 Å². The van der Waals surface area contributed by atoms with Crippen LogP contribution in [0.1, 0.15) is 0 Å². The number of aromatic nitrogens is 3. The molecule has 1 aromatic heterocycles. The second kappa shape index (κ2) is 6.78. The second-order valence-corrected chi connectivity index (χ2v) is 4.06. The number of methoxy groups -OCH3 is 2. The van der Waals surface area contributed by atoms with E-state index in [1.54, 1.807) is 19.1 Å². The van der Waals surface area contributed by atoms with Crippen LogP contribution in [-0.2, 0) is 9.47 Å². The third kappa shape index (κ3) is 3.40. The van der Waals surface area contributed by atoms with Crippen molar-refractivity contribution >= 4 is 11.9 Å². The van der Waals surface area contributed by atoms with Gasteiger partial charge in [-0.15, -0.1) is 0 Å². The number of nitrogen functional groups attached to an aromatic ring is 1. The quantitative estimate of drug-likeness (QED) is 0.791. The molecule has 0 bridgehead atoms. The molecule has 0 saturated heterocycles. The first-order valence-corrected chi connectivity index (χ1v) is 6.04. The van der Waals surface area contributed by atoms with Gasteiger partial charge in [-0.1, -0.05) is 30.3 Å². The molecule has 0 atom stereocenters. The zero-order chi connectivity index (χ0) is 14.4. The number of rotatable bonds is 6. The van der Waals surface area contributed by atoms with Crippen LogP contribution in [0.25, 0.3) is 11.4 Å². The molecule has 0 spiro atoms. The summed E-state index contributed by atoms with van der Waals surface area (Å²) in [6.07, 6.45) is 0. The van der Waals surface area contributed by atoms with Gasteiger partial charge in [-0.25, -0.2) is 0 Å². The van der Waals surface area contributed by atoms with E-state index in [-0.39, 0.29) is 5.95 Å². The first-order valence-electron chi connectivity index (χ1n) is 6.04. The maximum Gasteiger partial charge on any atom is 0.234 e. The highest BCUT2D eigenvalue weighted by Gasteiger charge is 2.13. The molecular formula is C13H17N5O2. The van der Waals surface area contributed by atoms with Gasteiger partial charge in [0.15, 0.2) is 5.82 Å². The Balaban J connectivity index is 2.37. The zero-order valence-electron chi connectivity index (χ0n) is 11.5. The molecular weight excluding hydrogens is 258 g/mol. The summed E-state index contributed by atoms with van der Waals surface area (Å²) in [5, 5.41) is 0. The van der Waals surface area contributed by atoms with Gasteiger partial charge in [-0.2, -0.15) is 15.0 Å². The van der Waals surface area contributed by atoms with Gasteiger partial charge >= 0.3 is 0 Å². The number of benzene rings is 1. The Morgan fingerprint density at radius 2 is 1.65 bits per heavy atom. The summed E-state index contributed by atoms with van der Waals surface area (Å²) in [6, 6.07) is 9.58. The molecule has 0 aliphatic rings. The average molecular weight is 275 g/mol. The van der Waals surface area contributed by atoms with E-state index in [1.165, 1.54) is 0 Å². The Morgan fingerprint density at radius 1 is 1.00 bits per heavy atom. The molecule has 0 amide bonds. The minimum absolute atomic E-state index is 0.158. The van der Waals surface area contributed by atoms with Gasteiger partial charge < -0.3 is 15.2 Å². The number of hydrogen-bond donors (Lipinski definition) is 1. The van der Waals surface area contributed by atoms with Gasteiger partial charge in [0.2, 0.25) is 11.9 Å². The van der Waals surface area contributed by atoms with E-state index in [1.807, 2.05) is 30.3 Å². The minimum atomic E-state index is 0.158. The van der Waals surface area contributed by atoms with Crippen LogP contribution in [-0.4, -0.2) is 42.6 Å². The lowest BCUT2D eigenvalue weighted by Gasteiger charge is -2.20. The second-order valence-electron chi connectivity index (χ2n) is 4.06. The van der Waals surface area contributed by atoms with Crippen LogP contribution >= 0.6 is 0 Å². The van der Waals surface area contributed by atoms with Crippen molar-refractivity contribution in [1.82, 2.24) is 15.0 Å². The summed E-state index contributed by atoms with van der Waals surface area (Å²) < 4.78 is 10.2. The van der Waals surface area contributed by atoms with Gasteiger partial charge in [0, 0.05) is 19.8 Å². The summed E-state index contributed by atoms with van der Waals surface area (Å²) in [6.45, 7) is 0.594. The summed E-state index contributed by atoms with van der Waals surface area (Å²) in [5.74, 6) is 1.09. The smallest absolute Gasteiger partial charge is 0.234 e. The van der Waals surface area contributed by atoms with Crippen molar-refractivity contribution in [3.05, 3.63) is 30.3 Å². The molecule has 7 heteroatoms. The Morgan fingerprint density at radius 3 is 2.25 bits per heavy atom. The van der Waals surface area contributed by atoms with Crippen LogP contribution in [0.2, 0.25) is 0 Å². The lowest BCUT2D eigenvalue weighted by atomic mass is 10.2. The highest BCUT2D eigenvalue weighted by atomic mass is 16.5. The predicted octanol–water partition coefficient (Wildman–Crippen LogP) is 1.14. The van der Waals surface area contributed by atoms with Crippen LogP contribution in [0.15, 0.2) is 30.3 Å². The SMILES string of the molecule is COCN(COC)c1nc(N)nc(-c2ccccc2)n1. The lowest BCUT2D eigenvalue weighted by molar-refractivity contribution is 0.139.